The quantitative estimate of drug-likeness (QED) is 0.231. The number of hydrogen-bond donors (Lipinski definition) is 2. The number of carboxylic acid groups (broad SMARTS) is 1. The smallest absolute Gasteiger partial charge is 0.303 e. The first-order valence-electron chi connectivity index (χ1n) is 12.4. The molecule has 182 valence electrons. The van der Waals surface area contributed by atoms with E-state index in [-0.39, 0.29) is 17.9 Å². The van der Waals surface area contributed by atoms with Gasteiger partial charge in [0.2, 0.25) is 0 Å². The molecule has 0 aliphatic rings. The summed E-state index contributed by atoms with van der Waals surface area (Å²) in [5.41, 5.74) is 6.83. The second-order valence-corrected chi connectivity index (χ2v) is 9.18. The zero-order chi connectivity index (χ0) is 22.5. The monoisotopic (exact) mass is 455 g/mol. The SMILES string of the molecule is CC(C)(N)c1ccccc1.CCCCCCCCCCCCCCCCCC(=O)O.Cl. The Labute approximate surface area is 199 Å². The van der Waals surface area contributed by atoms with E-state index in [0.717, 1.165) is 12.8 Å². The highest BCUT2D eigenvalue weighted by Gasteiger charge is 2.11. The molecule has 31 heavy (non-hydrogen) atoms. The predicted octanol–water partition coefficient (Wildman–Crippen LogP) is 8.63. The maximum atomic E-state index is 10.3. The fourth-order valence-corrected chi connectivity index (χ4v) is 3.52. The first kappa shape index (κ1) is 32.1. The molecule has 0 fully saturated rings. The number of nitrogens with two attached hydrogens (primary N) is 1. The fourth-order valence-electron chi connectivity index (χ4n) is 3.52. The Morgan fingerprint density at radius 1 is 0.742 bits per heavy atom. The molecule has 0 atom stereocenters. The van der Waals surface area contributed by atoms with Crippen molar-refractivity contribution in [1.82, 2.24) is 0 Å². The van der Waals surface area contributed by atoms with Crippen molar-refractivity contribution in [2.24, 2.45) is 5.73 Å². The second kappa shape index (κ2) is 22.1. The zero-order valence-electron chi connectivity index (χ0n) is 20.5. The molecule has 0 aliphatic carbocycles. The van der Waals surface area contributed by atoms with Gasteiger partial charge in [-0.2, -0.15) is 0 Å². The summed E-state index contributed by atoms with van der Waals surface area (Å²) in [6.45, 7) is 6.27. The maximum Gasteiger partial charge on any atom is 0.303 e. The number of benzene rings is 1. The molecular weight excluding hydrogens is 406 g/mol. The van der Waals surface area contributed by atoms with Gasteiger partial charge in [0.1, 0.15) is 0 Å². The fraction of sp³-hybridized carbons (Fsp3) is 0.741. The van der Waals surface area contributed by atoms with Crippen molar-refractivity contribution >= 4 is 18.4 Å². The minimum Gasteiger partial charge on any atom is -0.481 e. The molecule has 1 aromatic rings. The van der Waals surface area contributed by atoms with Gasteiger partial charge >= 0.3 is 5.97 Å². The van der Waals surface area contributed by atoms with Gasteiger partial charge in [-0.25, -0.2) is 0 Å². The Hall–Kier alpha value is -1.06. The largest absolute Gasteiger partial charge is 0.481 e. The van der Waals surface area contributed by atoms with Gasteiger partial charge in [0, 0.05) is 12.0 Å². The maximum absolute atomic E-state index is 10.3. The lowest BCUT2D eigenvalue weighted by atomic mass is 9.96. The molecule has 4 heteroatoms. The first-order chi connectivity index (χ1) is 14.4. The number of aliphatic carboxylic acids is 1. The normalized spacial score (nSPS) is 10.7. The summed E-state index contributed by atoms with van der Waals surface area (Å²) in [6, 6.07) is 10.1. The lowest BCUT2D eigenvalue weighted by Crippen LogP contribution is -2.28. The van der Waals surface area contributed by atoms with Gasteiger partial charge in [0.15, 0.2) is 0 Å². The Kier molecular flexibility index (Phi) is 22.9. The molecule has 0 bridgehead atoms. The molecule has 0 aliphatic heterocycles. The van der Waals surface area contributed by atoms with E-state index in [9.17, 15) is 4.79 Å². The summed E-state index contributed by atoms with van der Waals surface area (Å²) < 4.78 is 0. The average Bonchev–Trinajstić information content (AvgIpc) is 2.71. The van der Waals surface area contributed by atoms with Gasteiger partial charge in [0.05, 0.1) is 0 Å². The lowest BCUT2D eigenvalue weighted by molar-refractivity contribution is -0.137. The third-order valence-electron chi connectivity index (χ3n) is 5.51. The van der Waals surface area contributed by atoms with Crippen LogP contribution in [0, 0.1) is 0 Å². The predicted molar refractivity (Wildman–Crippen MR) is 138 cm³/mol. The second-order valence-electron chi connectivity index (χ2n) is 9.18. The molecule has 0 saturated heterocycles. The van der Waals surface area contributed by atoms with Crippen molar-refractivity contribution in [3.63, 3.8) is 0 Å². The zero-order valence-corrected chi connectivity index (χ0v) is 21.4. The molecule has 0 aromatic heterocycles. The van der Waals surface area contributed by atoms with Crippen LogP contribution in [0.5, 0.6) is 0 Å². The van der Waals surface area contributed by atoms with Crippen LogP contribution in [0.1, 0.15) is 129 Å². The number of carboxylic acids is 1. The Balaban J connectivity index is 0. The van der Waals surface area contributed by atoms with Gasteiger partial charge in [-0.15, -0.1) is 12.4 Å². The molecular formula is C27H50ClNO2. The van der Waals surface area contributed by atoms with Crippen molar-refractivity contribution in [2.75, 3.05) is 0 Å². The van der Waals surface area contributed by atoms with E-state index in [0.29, 0.717) is 6.42 Å². The van der Waals surface area contributed by atoms with Crippen LogP contribution in [0.4, 0.5) is 0 Å². The van der Waals surface area contributed by atoms with Crippen molar-refractivity contribution in [3.05, 3.63) is 35.9 Å². The Bertz CT molecular complexity index is 500. The van der Waals surface area contributed by atoms with Gasteiger partial charge in [-0.3, -0.25) is 4.79 Å². The van der Waals surface area contributed by atoms with Gasteiger partial charge < -0.3 is 10.8 Å². The van der Waals surface area contributed by atoms with Gasteiger partial charge in [-0.1, -0.05) is 127 Å². The molecule has 0 amide bonds. The van der Waals surface area contributed by atoms with Crippen molar-refractivity contribution in [2.45, 2.75) is 129 Å². The third kappa shape index (κ3) is 23.4. The molecule has 0 saturated carbocycles. The summed E-state index contributed by atoms with van der Waals surface area (Å²) >= 11 is 0. The Morgan fingerprint density at radius 2 is 1.10 bits per heavy atom. The highest BCUT2D eigenvalue weighted by molar-refractivity contribution is 5.85. The van der Waals surface area contributed by atoms with Crippen molar-refractivity contribution in [3.8, 4) is 0 Å². The van der Waals surface area contributed by atoms with Crippen LogP contribution in [-0.4, -0.2) is 11.1 Å². The van der Waals surface area contributed by atoms with Crippen molar-refractivity contribution in [1.29, 1.82) is 0 Å². The van der Waals surface area contributed by atoms with Crippen molar-refractivity contribution < 1.29 is 9.90 Å². The summed E-state index contributed by atoms with van der Waals surface area (Å²) in [6.07, 6.45) is 20.2. The molecule has 3 N–H and O–H groups in total. The number of unbranched alkanes of at least 4 members (excludes halogenated alkanes) is 14. The van der Waals surface area contributed by atoms with E-state index in [1.165, 1.54) is 89.0 Å². The summed E-state index contributed by atoms with van der Waals surface area (Å²) in [7, 11) is 0. The third-order valence-corrected chi connectivity index (χ3v) is 5.51. The first-order valence-corrected chi connectivity index (χ1v) is 12.4. The van der Waals surface area contributed by atoms with Gasteiger partial charge in [0.25, 0.3) is 0 Å². The summed E-state index contributed by atoms with van der Waals surface area (Å²) in [4.78, 5) is 10.3. The van der Waals surface area contributed by atoms with E-state index in [1.807, 2.05) is 44.2 Å². The Morgan fingerprint density at radius 3 is 1.39 bits per heavy atom. The standard InChI is InChI=1S/C18H36O2.C9H13N.ClH/c1-2-3-4-5-6-7-8-9-10-11-12-13-14-15-16-17-18(19)20;1-9(2,10)8-6-4-3-5-7-8;/h2-17H2,1H3,(H,19,20);3-7H,10H2,1-2H3;1H. The van der Waals surface area contributed by atoms with E-state index in [2.05, 4.69) is 6.92 Å². The molecule has 0 spiro atoms. The van der Waals surface area contributed by atoms with E-state index < -0.39 is 5.97 Å². The van der Waals surface area contributed by atoms with Crippen LogP contribution in [0.25, 0.3) is 0 Å². The van der Waals surface area contributed by atoms with Crippen LogP contribution in [0.15, 0.2) is 30.3 Å². The average molecular weight is 456 g/mol. The number of rotatable bonds is 17. The van der Waals surface area contributed by atoms with E-state index >= 15 is 0 Å². The van der Waals surface area contributed by atoms with E-state index in [4.69, 9.17) is 10.8 Å². The molecule has 0 heterocycles. The van der Waals surface area contributed by atoms with Crippen LogP contribution in [0.2, 0.25) is 0 Å². The van der Waals surface area contributed by atoms with Crippen LogP contribution in [0.3, 0.4) is 0 Å². The van der Waals surface area contributed by atoms with Crippen LogP contribution >= 0.6 is 12.4 Å². The number of carbonyl (C=O) groups is 1. The lowest BCUT2D eigenvalue weighted by Gasteiger charge is -2.18. The van der Waals surface area contributed by atoms with Crippen LogP contribution in [-0.2, 0) is 10.3 Å². The number of halogens is 1. The highest BCUT2D eigenvalue weighted by atomic mass is 35.5. The molecule has 1 aromatic carbocycles. The van der Waals surface area contributed by atoms with Crippen LogP contribution < -0.4 is 5.73 Å². The summed E-state index contributed by atoms with van der Waals surface area (Å²) in [5, 5.41) is 8.52. The molecule has 1 rings (SSSR count). The highest BCUT2D eigenvalue weighted by Crippen LogP contribution is 2.15. The topological polar surface area (TPSA) is 63.3 Å². The minimum absolute atomic E-state index is 0. The number of hydrogen-bond acceptors (Lipinski definition) is 2. The van der Waals surface area contributed by atoms with E-state index in [1.54, 1.807) is 0 Å². The minimum atomic E-state index is -0.653. The summed E-state index contributed by atoms with van der Waals surface area (Å²) in [5.74, 6) is -0.653. The van der Waals surface area contributed by atoms with Gasteiger partial charge in [-0.05, 0) is 25.8 Å². The molecule has 0 radical (unpaired) electrons. The molecule has 0 unspecified atom stereocenters. The molecule has 3 nitrogen and oxygen atoms in total.